The van der Waals surface area contributed by atoms with Gasteiger partial charge in [0.1, 0.15) is 0 Å². The number of nitrogens with one attached hydrogen (secondary N) is 1. The van der Waals surface area contributed by atoms with E-state index in [0.29, 0.717) is 0 Å². The number of benzene rings is 1. The first-order valence-electron chi connectivity index (χ1n) is 9.30. The van der Waals surface area contributed by atoms with E-state index in [1.807, 2.05) is 13.8 Å². The zero-order chi connectivity index (χ0) is 18.8. The summed E-state index contributed by atoms with van der Waals surface area (Å²) in [7, 11) is 3.90. The molecule has 1 aliphatic heterocycles. The lowest BCUT2D eigenvalue weighted by Gasteiger charge is -2.32. The molecule has 0 atom stereocenters. The van der Waals surface area contributed by atoms with Gasteiger partial charge in [-0.25, -0.2) is 0 Å². The molecule has 0 unspecified atom stereocenters. The van der Waals surface area contributed by atoms with E-state index in [2.05, 4.69) is 76.1 Å². The first kappa shape index (κ1) is 20.0. The molecule has 1 aromatic heterocycles. The highest BCUT2D eigenvalue weighted by Crippen LogP contribution is 2.36. The summed E-state index contributed by atoms with van der Waals surface area (Å²) < 4.78 is 12.3. The number of hydrogen-bond donors (Lipinski definition) is 1. The predicted molar refractivity (Wildman–Crippen MR) is 108 cm³/mol. The van der Waals surface area contributed by atoms with Crippen LogP contribution in [0, 0.1) is 0 Å². The maximum absolute atomic E-state index is 6.17. The Hall–Kier alpha value is -1.30. The minimum Gasteiger partial charge on any atom is -0.399 e. The van der Waals surface area contributed by atoms with Gasteiger partial charge in [-0.2, -0.15) is 0 Å². The van der Waals surface area contributed by atoms with Crippen molar-refractivity contribution < 1.29 is 9.31 Å². The van der Waals surface area contributed by atoms with Crippen LogP contribution in [0.1, 0.15) is 47.1 Å². The van der Waals surface area contributed by atoms with E-state index in [9.17, 15) is 0 Å². The Morgan fingerprint density at radius 2 is 1.64 bits per heavy atom. The van der Waals surface area contributed by atoms with Crippen molar-refractivity contribution in [3.05, 3.63) is 30.0 Å². The Kier molecular flexibility index (Phi) is 6.03. The summed E-state index contributed by atoms with van der Waals surface area (Å²) in [4.78, 5) is 5.57. The molecule has 0 aliphatic carbocycles. The first-order chi connectivity index (χ1) is 11.7. The summed E-state index contributed by atoms with van der Waals surface area (Å²) in [6.45, 7) is 13.4. The number of likely N-dealkylation sites (N-methyl/N-ethyl adjacent to an activating group) is 1. The summed E-state index contributed by atoms with van der Waals surface area (Å²) in [6.07, 6.45) is 3.14. The molecule has 4 nitrogen and oxygen atoms in total. The molecule has 3 rings (SSSR count). The molecule has 1 N–H and O–H groups in total. The molecule has 25 heavy (non-hydrogen) atoms. The third-order valence-corrected chi connectivity index (χ3v) is 5.15. The number of rotatable bonds is 4. The molecule has 0 amide bonds. The van der Waals surface area contributed by atoms with Crippen LogP contribution in [-0.2, 0) is 15.7 Å². The number of nitrogens with zero attached hydrogens (tertiary/aromatic N) is 1. The Labute approximate surface area is 153 Å². The Bertz CT molecular complexity index is 691. The fourth-order valence-corrected chi connectivity index (χ4v) is 2.87. The van der Waals surface area contributed by atoms with E-state index in [1.165, 1.54) is 16.5 Å². The maximum Gasteiger partial charge on any atom is 0.494 e. The summed E-state index contributed by atoms with van der Waals surface area (Å²) in [5.41, 5.74) is 2.98. The zero-order valence-corrected chi connectivity index (χ0v) is 17.1. The molecule has 0 saturated carbocycles. The Balaban J connectivity index is 0.00000109. The van der Waals surface area contributed by atoms with Gasteiger partial charge in [-0.15, -0.1) is 0 Å². The van der Waals surface area contributed by atoms with E-state index >= 15 is 0 Å². The minimum atomic E-state index is -0.307. The van der Waals surface area contributed by atoms with Crippen LogP contribution in [0.25, 0.3) is 10.9 Å². The number of aromatic nitrogens is 1. The van der Waals surface area contributed by atoms with Crippen molar-refractivity contribution in [1.82, 2.24) is 9.88 Å². The van der Waals surface area contributed by atoms with E-state index in [1.54, 1.807) is 0 Å². The van der Waals surface area contributed by atoms with Crippen LogP contribution < -0.4 is 5.46 Å². The molecule has 0 radical (unpaired) electrons. The molecule has 1 aliphatic rings. The second-order valence-corrected chi connectivity index (χ2v) is 7.76. The molecule has 1 aromatic carbocycles. The van der Waals surface area contributed by atoms with Crippen molar-refractivity contribution in [3.63, 3.8) is 0 Å². The lowest BCUT2D eigenvalue weighted by molar-refractivity contribution is 0.00578. The van der Waals surface area contributed by atoms with Gasteiger partial charge in [0.2, 0.25) is 0 Å². The monoisotopic (exact) mass is 344 g/mol. The highest BCUT2D eigenvalue weighted by Gasteiger charge is 2.51. The van der Waals surface area contributed by atoms with E-state index in [4.69, 9.17) is 9.31 Å². The quantitative estimate of drug-likeness (QED) is 0.862. The Morgan fingerprint density at radius 1 is 1.04 bits per heavy atom. The van der Waals surface area contributed by atoms with Gasteiger partial charge in [0.25, 0.3) is 0 Å². The smallest absolute Gasteiger partial charge is 0.399 e. The molecular formula is C20H33BN2O2. The highest BCUT2D eigenvalue weighted by molar-refractivity contribution is 6.62. The normalized spacial score (nSPS) is 18.5. The van der Waals surface area contributed by atoms with Crippen LogP contribution in [0.2, 0.25) is 0 Å². The number of H-pyrrole nitrogens is 1. The van der Waals surface area contributed by atoms with Gasteiger partial charge >= 0.3 is 7.12 Å². The van der Waals surface area contributed by atoms with Crippen molar-refractivity contribution in [2.75, 3.05) is 20.6 Å². The van der Waals surface area contributed by atoms with Gasteiger partial charge in [-0.1, -0.05) is 26.0 Å². The van der Waals surface area contributed by atoms with Gasteiger partial charge in [-0.3, -0.25) is 0 Å². The van der Waals surface area contributed by atoms with E-state index < -0.39 is 0 Å². The predicted octanol–water partition coefficient (Wildman–Crippen LogP) is 3.60. The average Bonchev–Trinajstić information content (AvgIpc) is 3.04. The second-order valence-electron chi connectivity index (χ2n) is 7.76. The molecule has 0 spiro atoms. The third-order valence-electron chi connectivity index (χ3n) is 5.15. The van der Waals surface area contributed by atoms with Crippen LogP contribution in [0.4, 0.5) is 0 Å². The number of fused-ring (bicyclic) bond motifs is 1. The minimum absolute atomic E-state index is 0.305. The van der Waals surface area contributed by atoms with Gasteiger partial charge < -0.3 is 19.2 Å². The van der Waals surface area contributed by atoms with Gasteiger partial charge in [-0.05, 0) is 65.3 Å². The summed E-state index contributed by atoms with van der Waals surface area (Å²) in [5, 5.41) is 1.26. The standard InChI is InChI=1S/C18H27BN2O2.C2H6/c1-17(2)18(3,4)23-19(22-17)14-7-8-16-15(11-14)13(12-20-16)9-10-21(5)6;1-2/h7-8,11-12,20H,9-10H2,1-6H3;1-2H3. The molecule has 5 heteroatoms. The molecule has 0 bridgehead atoms. The summed E-state index contributed by atoms with van der Waals surface area (Å²) >= 11 is 0. The average molecular weight is 344 g/mol. The molecular weight excluding hydrogens is 311 g/mol. The van der Waals surface area contributed by atoms with Crippen molar-refractivity contribution in [2.24, 2.45) is 0 Å². The lowest BCUT2D eigenvalue weighted by atomic mass is 9.78. The van der Waals surface area contributed by atoms with Crippen LogP contribution in [0.3, 0.4) is 0 Å². The van der Waals surface area contributed by atoms with Crippen LogP contribution in [-0.4, -0.2) is 48.8 Å². The molecule has 138 valence electrons. The maximum atomic E-state index is 6.17. The fourth-order valence-electron chi connectivity index (χ4n) is 2.87. The summed E-state index contributed by atoms with van der Waals surface area (Å²) in [5.74, 6) is 0. The largest absolute Gasteiger partial charge is 0.494 e. The zero-order valence-electron chi connectivity index (χ0n) is 17.1. The summed E-state index contributed by atoms with van der Waals surface area (Å²) in [6, 6.07) is 6.42. The fraction of sp³-hybridized carbons (Fsp3) is 0.600. The van der Waals surface area contributed by atoms with Gasteiger partial charge in [0.15, 0.2) is 0 Å². The van der Waals surface area contributed by atoms with Crippen molar-refractivity contribution in [1.29, 1.82) is 0 Å². The van der Waals surface area contributed by atoms with Crippen LogP contribution in [0.5, 0.6) is 0 Å². The lowest BCUT2D eigenvalue weighted by Crippen LogP contribution is -2.41. The Morgan fingerprint density at radius 3 is 2.20 bits per heavy atom. The molecule has 2 aromatic rings. The molecule has 2 heterocycles. The van der Waals surface area contributed by atoms with Crippen LogP contribution >= 0.6 is 0 Å². The van der Waals surface area contributed by atoms with Crippen molar-refractivity contribution in [3.8, 4) is 0 Å². The first-order valence-corrected chi connectivity index (χ1v) is 9.30. The topological polar surface area (TPSA) is 37.5 Å². The highest BCUT2D eigenvalue weighted by atomic mass is 16.7. The van der Waals surface area contributed by atoms with Crippen LogP contribution in [0.15, 0.2) is 24.4 Å². The SMILES string of the molecule is CC.CN(C)CCc1c[nH]c2ccc(B3OC(C)(C)C(C)(C)O3)cc12. The molecule has 1 saturated heterocycles. The van der Waals surface area contributed by atoms with Gasteiger partial charge in [0.05, 0.1) is 11.2 Å². The number of hydrogen-bond acceptors (Lipinski definition) is 3. The van der Waals surface area contributed by atoms with Crippen molar-refractivity contribution in [2.45, 2.75) is 59.2 Å². The van der Waals surface area contributed by atoms with E-state index in [0.717, 1.165) is 18.4 Å². The molecule has 1 fully saturated rings. The van der Waals surface area contributed by atoms with Gasteiger partial charge in [0, 0.05) is 23.6 Å². The van der Waals surface area contributed by atoms with Crippen molar-refractivity contribution >= 4 is 23.5 Å². The van der Waals surface area contributed by atoms with E-state index in [-0.39, 0.29) is 18.3 Å². The number of aromatic amines is 1. The third kappa shape index (κ3) is 4.10. The second kappa shape index (κ2) is 7.52.